The summed E-state index contributed by atoms with van der Waals surface area (Å²) in [5.41, 5.74) is 0.973. The van der Waals surface area contributed by atoms with Crippen molar-refractivity contribution < 1.29 is 4.74 Å². The zero-order chi connectivity index (χ0) is 22.3. The van der Waals surface area contributed by atoms with E-state index in [9.17, 15) is 9.59 Å². The summed E-state index contributed by atoms with van der Waals surface area (Å²) in [7, 11) is 2.97. The van der Waals surface area contributed by atoms with Crippen molar-refractivity contribution in [2.24, 2.45) is 14.1 Å². The molecule has 4 rings (SSSR count). The number of aromatic nitrogens is 4. The maximum atomic E-state index is 12.9. The Hall–Kier alpha value is -2.74. The van der Waals surface area contributed by atoms with Crippen molar-refractivity contribution in [3.63, 3.8) is 0 Å². The van der Waals surface area contributed by atoms with E-state index < -0.39 is 11.2 Å². The molecular weight excluding hydrogens is 463 g/mol. The Morgan fingerprint density at radius 2 is 1.68 bits per heavy atom. The minimum atomic E-state index is -0.479. The largest absolute Gasteiger partial charge is 0.460 e. The summed E-state index contributed by atoms with van der Waals surface area (Å²) >= 11 is 18.5. The fourth-order valence-corrected chi connectivity index (χ4v) is 3.92. The molecule has 2 aromatic heterocycles. The second-order valence-corrected chi connectivity index (χ2v) is 8.23. The Kier molecular flexibility index (Phi) is 5.83. The van der Waals surface area contributed by atoms with E-state index in [-0.39, 0.29) is 30.3 Å². The smallest absolute Gasteiger partial charge is 0.332 e. The number of nitrogens with zero attached hydrogens (tertiary/aromatic N) is 4. The summed E-state index contributed by atoms with van der Waals surface area (Å²) in [6.07, 6.45) is 0. The second kappa shape index (κ2) is 8.42. The highest BCUT2D eigenvalue weighted by molar-refractivity contribution is 6.35. The number of hydrogen-bond acceptors (Lipinski definition) is 4. The third kappa shape index (κ3) is 3.96. The predicted octanol–water partition coefficient (Wildman–Crippen LogP) is 4.02. The third-order valence-electron chi connectivity index (χ3n) is 4.97. The van der Waals surface area contributed by atoms with Gasteiger partial charge in [-0.1, -0.05) is 59.1 Å². The molecule has 0 unspecified atom stereocenters. The van der Waals surface area contributed by atoms with E-state index in [0.29, 0.717) is 20.6 Å². The van der Waals surface area contributed by atoms with Crippen LogP contribution in [0.5, 0.6) is 6.01 Å². The lowest BCUT2D eigenvalue weighted by atomic mass is 10.2. The molecule has 0 bridgehead atoms. The third-order valence-corrected chi connectivity index (χ3v) is 5.93. The summed E-state index contributed by atoms with van der Waals surface area (Å²) in [6, 6.07) is 12.5. The maximum absolute atomic E-state index is 12.9. The topological polar surface area (TPSA) is 71.1 Å². The molecule has 7 nitrogen and oxygen atoms in total. The number of aryl methyl sites for hydroxylation is 1. The highest BCUT2D eigenvalue weighted by atomic mass is 35.5. The van der Waals surface area contributed by atoms with Crippen molar-refractivity contribution in [2.45, 2.75) is 13.2 Å². The van der Waals surface area contributed by atoms with Gasteiger partial charge in [-0.3, -0.25) is 18.5 Å². The van der Waals surface area contributed by atoms with E-state index in [4.69, 9.17) is 39.5 Å². The summed E-state index contributed by atoms with van der Waals surface area (Å²) in [5, 5.41) is 1.50. The van der Waals surface area contributed by atoms with Crippen molar-refractivity contribution >= 4 is 46.0 Å². The summed E-state index contributed by atoms with van der Waals surface area (Å²) in [6.45, 7) is 0.323. The van der Waals surface area contributed by atoms with Gasteiger partial charge in [0, 0.05) is 34.7 Å². The van der Waals surface area contributed by atoms with Gasteiger partial charge in [0.05, 0.1) is 6.54 Å². The van der Waals surface area contributed by atoms with Crippen LogP contribution in [0.25, 0.3) is 11.2 Å². The Morgan fingerprint density at radius 3 is 2.39 bits per heavy atom. The number of halogens is 3. The van der Waals surface area contributed by atoms with Gasteiger partial charge in [-0.05, 0) is 23.8 Å². The molecule has 31 heavy (non-hydrogen) atoms. The molecule has 2 aromatic carbocycles. The Bertz CT molecular complexity index is 1420. The molecule has 0 fully saturated rings. The Labute approximate surface area is 192 Å². The SMILES string of the molecule is Cn1c(=O)c2c(nc(OCc3ccc(Cl)cc3Cl)n2Cc2ccccc2Cl)n(C)c1=O. The van der Waals surface area contributed by atoms with Crippen molar-refractivity contribution in [1.29, 1.82) is 0 Å². The van der Waals surface area contributed by atoms with Crippen LogP contribution in [0.15, 0.2) is 52.1 Å². The van der Waals surface area contributed by atoms with Gasteiger partial charge in [-0.25, -0.2) is 4.79 Å². The lowest BCUT2D eigenvalue weighted by Crippen LogP contribution is -2.37. The molecule has 0 spiro atoms. The van der Waals surface area contributed by atoms with Crippen molar-refractivity contribution in [1.82, 2.24) is 18.7 Å². The molecule has 0 radical (unpaired) electrons. The number of imidazole rings is 1. The summed E-state index contributed by atoms with van der Waals surface area (Å²) < 4.78 is 9.90. The van der Waals surface area contributed by atoms with Gasteiger partial charge in [-0.15, -0.1) is 0 Å². The normalized spacial score (nSPS) is 11.3. The number of benzene rings is 2. The number of ether oxygens (including phenoxy) is 1. The molecule has 0 saturated carbocycles. The van der Waals surface area contributed by atoms with Crippen LogP contribution >= 0.6 is 34.8 Å². The minimum Gasteiger partial charge on any atom is -0.460 e. The van der Waals surface area contributed by atoms with Gasteiger partial charge in [0.25, 0.3) is 11.6 Å². The van der Waals surface area contributed by atoms with Crippen molar-refractivity contribution in [3.8, 4) is 6.01 Å². The van der Waals surface area contributed by atoms with E-state index >= 15 is 0 Å². The van der Waals surface area contributed by atoms with E-state index in [0.717, 1.165) is 10.1 Å². The van der Waals surface area contributed by atoms with Crippen LogP contribution in [-0.2, 0) is 27.2 Å². The molecule has 2 heterocycles. The van der Waals surface area contributed by atoms with Crippen LogP contribution in [0, 0.1) is 0 Å². The number of fused-ring (bicyclic) bond motifs is 1. The van der Waals surface area contributed by atoms with E-state index in [2.05, 4.69) is 4.98 Å². The van der Waals surface area contributed by atoms with E-state index in [1.807, 2.05) is 18.2 Å². The number of hydrogen-bond donors (Lipinski definition) is 0. The molecule has 0 aliphatic carbocycles. The molecule has 4 aromatic rings. The van der Waals surface area contributed by atoms with Crippen LogP contribution < -0.4 is 16.0 Å². The van der Waals surface area contributed by atoms with E-state index in [1.165, 1.54) is 11.6 Å². The lowest BCUT2D eigenvalue weighted by Gasteiger charge is -2.12. The lowest BCUT2D eigenvalue weighted by molar-refractivity contribution is 0.270. The van der Waals surface area contributed by atoms with E-state index in [1.54, 1.807) is 35.9 Å². The quantitative estimate of drug-likeness (QED) is 0.433. The molecular formula is C21H17Cl3N4O3. The zero-order valence-electron chi connectivity index (χ0n) is 16.6. The predicted molar refractivity (Wildman–Crippen MR) is 122 cm³/mol. The molecule has 0 amide bonds. The van der Waals surface area contributed by atoms with Gasteiger partial charge >= 0.3 is 5.69 Å². The fourth-order valence-electron chi connectivity index (χ4n) is 3.26. The highest BCUT2D eigenvalue weighted by Crippen LogP contribution is 2.26. The monoisotopic (exact) mass is 478 g/mol. The van der Waals surface area contributed by atoms with Gasteiger partial charge in [0.15, 0.2) is 11.2 Å². The minimum absolute atomic E-state index is 0.0934. The fraction of sp³-hybridized carbons (Fsp3) is 0.190. The second-order valence-electron chi connectivity index (χ2n) is 6.97. The van der Waals surface area contributed by atoms with Gasteiger partial charge in [-0.2, -0.15) is 4.98 Å². The standard InChI is InChI=1S/C21H17Cl3N4O3/c1-26-18-17(19(29)27(2)21(26)30)28(10-12-5-3-4-6-15(12)23)20(25-18)31-11-13-7-8-14(22)9-16(13)24/h3-9H,10-11H2,1-2H3. The zero-order valence-corrected chi connectivity index (χ0v) is 18.9. The molecule has 10 heteroatoms. The first-order chi connectivity index (χ1) is 14.8. The maximum Gasteiger partial charge on any atom is 0.332 e. The highest BCUT2D eigenvalue weighted by Gasteiger charge is 2.21. The van der Waals surface area contributed by atoms with Crippen LogP contribution in [0.2, 0.25) is 15.1 Å². The first-order valence-corrected chi connectivity index (χ1v) is 10.4. The van der Waals surface area contributed by atoms with Crippen molar-refractivity contribution in [3.05, 3.63) is 89.5 Å². The molecule has 160 valence electrons. The average molecular weight is 480 g/mol. The van der Waals surface area contributed by atoms with Crippen LogP contribution in [0.3, 0.4) is 0 Å². The molecule has 0 saturated heterocycles. The molecule has 0 aliphatic rings. The summed E-state index contributed by atoms with van der Waals surface area (Å²) in [4.78, 5) is 29.8. The van der Waals surface area contributed by atoms with Crippen LogP contribution in [0.4, 0.5) is 0 Å². The van der Waals surface area contributed by atoms with Crippen molar-refractivity contribution in [2.75, 3.05) is 0 Å². The molecule has 0 atom stereocenters. The van der Waals surface area contributed by atoms with Crippen LogP contribution in [-0.4, -0.2) is 18.7 Å². The Balaban J connectivity index is 1.86. The first-order valence-electron chi connectivity index (χ1n) is 9.24. The first kappa shape index (κ1) is 21.5. The van der Waals surface area contributed by atoms with Crippen LogP contribution in [0.1, 0.15) is 11.1 Å². The average Bonchev–Trinajstić information content (AvgIpc) is 3.10. The van der Waals surface area contributed by atoms with Gasteiger partial charge in [0.1, 0.15) is 6.61 Å². The van der Waals surface area contributed by atoms with Gasteiger partial charge in [0.2, 0.25) is 0 Å². The number of rotatable bonds is 5. The molecule has 0 aliphatic heterocycles. The summed E-state index contributed by atoms with van der Waals surface area (Å²) in [5.74, 6) is 0. The molecule has 0 N–H and O–H groups in total. The Morgan fingerprint density at radius 1 is 0.935 bits per heavy atom. The van der Waals surface area contributed by atoms with Gasteiger partial charge < -0.3 is 4.74 Å².